The molecular formula is C15H20N2S. The fourth-order valence-corrected chi connectivity index (χ4v) is 3.62. The zero-order chi connectivity index (χ0) is 13.0. The van der Waals surface area contributed by atoms with Gasteiger partial charge >= 0.3 is 0 Å². The zero-order valence-electron chi connectivity index (χ0n) is 11.1. The van der Waals surface area contributed by atoms with Gasteiger partial charge in [0.25, 0.3) is 0 Å². The van der Waals surface area contributed by atoms with Gasteiger partial charge in [0, 0.05) is 11.3 Å². The lowest BCUT2D eigenvalue weighted by Gasteiger charge is -2.32. The van der Waals surface area contributed by atoms with Crippen molar-refractivity contribution in [3.8, 4) is 6.07 Å². The number of hydrogen-bond acceptors (Lipinski definition) is 3. The minimum Gasteiger partial charge on any atom is -0.380 e. The number of aryl methyl sites for hydroxylation is 1. The molecule has 0 saturated heterocycles. The molecule has 1 fully saturated rings. The minimum absolute atomic E-state index is 0.502. The third-order valence-electron chi connectivity index (χ3n) is 3.73. The molecule has 2 rings (SSSR count). The number of hydrogen-bond donors (Lipinski definition) is 1. The molecule has 0 heterocycles. The second-order valence-electron chi connectivity index (χ2n) is 4.92. The van der Waals surface area contributed by atoms with Crippen LogP contribution in [0.5, 0.6) is 0 Å². The summed E-state index contributed by atoms with van der Waals surface area (Å²) in [5.41, 5.74) is 2.96. The van der Waals surface area contributed by atoms with Gasteiger partial charge < -0.3 is 5.32 Å². The van der Waals surface area contributed by atoms with E-state index in [1.54, 1.807) is 0 Å². The van der Waals surface area contributed by atoms with Gasteiger partial charge in [-0.1, -0.05) is 25.0 Å². The summed E-state index contributed by atoms with van der Waals surface area (Å²) in [4.78, 5) is 0. The second-order valence-corrected chi connectivity index (χ2v) is 6.00. The van der Waals surface area contributed by atoms with Gasteiger partial charge in [0.05, 0.1) is 11.3 Å². The first-order valence-electron chi connectivity index (χ1n) is 6.55. The van der Waals surface area contributed by atoms with Crippen molar-refractivity contribution in [3.63, 3.8) is 0 Å². The van der Waals surface area contributed by atoms with E-state index in [4.69, 9.17) is 0 Å². The third kappa shape index (κ3) is 2.81. The molecule has 1 aromatic rings. The molecule has 1 aliphatic carbocycles. The first kappa shape index (κ1) is 13.3. The van der Waals surface area contributed by atoms with Gasteiger partial charge in [-0.15, -0.1) is 0 Å². The molecule has 2 atom stereocenters. The molecule has 1 aromatic carbocycles. The van der Waals surface area contributed by atoms with E-state index in [-0.39, 0.29) is 0 Å². The molecule has 96 valence electrons. The van der Waals surface area contributed by atoms with E-state index in [0.717, 1.165) is 11.3 Å². The summed E-state index contributed by atoms with van der Waals surface area (Å²) in [5.74, 6) is 0. The average molecular weight is 260 g/mol. The smallest absolute Gasteiger partial charge is 0.101 e. The van der Waals surface area contributed by atoms with Crippen LogP contribution in [0.1, 0.15) is 36.8 Å². The van der Waals surface area contributed by atoms with Crippen molar-refractivity contribution in [2.24, 2.45) is 0 Å². The number of nitrogens with one attached hydrogen (secondary N) is 1. The van der Waals surface area contributed by atoms with Crippen LogP contribution in [0.25, 0.3) is 0 Å². The van der Waals surface area contributed by atoms with Crippen LogP contribution in [0, 0.1) is 18.3 Å². The number of benzene rings is 1. The maximum Gasteiger partial charge on any atom is 0.101 e. The fourth-order valence-electron chi connectivity index (χ4n) is 2.68. The van der Waals surface area contributed by atoms with Gasteiger partial charge in [-0.25, -0.2) is 0 Å². The van der Waals surface area contributed by atoms with E-state index >= 15 is 0 Å². The molecule has 2 nitrogen and oxygen atoms in total. The summed E-state index contributed by atoms with van der Waals surface area (Å²) in [6, 6.07) is 8.71. The van der Waals surface area contributed by atoms with Crippen molar-refractivity contribution in [1.29, 1.82) is 5.26 Å². The molecule has 3 heteroatoms. The molecule has 0 aliphatic heterocycles. The Morgan fingerprint density at radius 3 is 2.83 bits per heavy atom. The molecular weight excluding hydrogens is 240 g/mol. The zero-order valence-corrected chi connectivity index (χ0v) is 11.9. The van der Waals surface area contributed by atoms with Crippen LogP contribution in [0.4, 0.5) is 5.69 Å². The fraction of sp³-hybridized carbons (Fsp3) is 0.533. The lowest BCUT2D eigenvalue weighted by molar-refractivity contribution is 0.475. The standard InChI is InChI=1S/C15H20N2S/c1-11-6-5-7-12(10-16)15(11)17-13-8-3-4-9-14(13)18-2/h5-7,13-14,17H,3-4,8-9H2,1-2H3. The molecule has 0 amide bonds. The summed E-state index contributed by atoms with van der Waals surface area (Å²) >= 11 is 1.95. The Morgan fingerprint density at radius 1 is 1.33 bits per heavy atom. The molecule has 0 bridgehead atoms. The Balaban J connectivity index is 2.20. The van der Waals surface area contributed by atoms with Crippen LogP contribution in [0.2, 0.25) is 0 Å². The van der Waals surface area contributed by atoms with E-state index in [9.17, 15) is 5.26 Å². The Hall–Kier alpha value is -1.14. The first-order chi connectivity index (χ1) is 8.76. The van der Waals surface area contributed by atoms with E-state index in [2.05, 4.69) is 30.6 Å². The molecule has 2 unspecified atom stereocenters. The number of para-hydroxylation sites is 1. The Bertz CT molecular complexity index is 450. The van der Waals surface area contributed by atoms with Crippen LogP contribution in [0.15, 0.2) is 18.2 Å². The van der Waals surface area contributed by atoms with Crippen molar-refractivity contribution >= 4 is 17.4 Å². The largest absolute Gasteiger partial charge is 0.380 e. The lowest BCUT2D eigenvalue weighted by Crippen LogP contribution is -2.34. The van der Waals surface area contributed by atoms with Gasteiger partial charge in [0.1, 0.15) is 6.07 Å². The van der Waals surface area contributed by atoms with Crippen LogP contribution < -0.4 is 5.32 Å². The highest BCUT2D eigenvalue weighted by atomic mass is 32.2. The van der Waals surface area contributed by atoms with Gasteiger partial charge in [-0.2, -0.15) is 17.0 Å². The monoisotopic (exact) mass is 260 g/mol. The van der Waals surface area contributed by atoms with Crippen LogP contribution in [0.3, 0.4) is 0 Å². The van der Waals surface area contributed by atoms with Gasteiger partial charge in [-0.05, 0) is 37.7 Å². The summed E-state index contributed by atoms with van der Waals surface area (Å²) in [6.07, 6.45) is 7.32. The van der Waals surface area contributed by atoms with Crippen molar-refractivity contribution in [3.05, 3.63) is 29.3 Å². The van der Waals surface area contributed by atoms with Crippen molar-refractivity contribution in [2.75, 3.05) is 11.6 Å². The van der Waals surface area contributed by atoms with E-state index < -0.39 is 0 Å². The van der Waals surface area contributed by atoms with Crippen molar-refractivity contribution < 1.29 is 0 Å². The molecule has 18 heavy (non-hydrogen) atoms. The normalized spacial score (nSPS) is 23.4. The quantitative estimate of drug-likeness (QED) is 0.893. The predicted octanol–water partition coefficient (Wildman–Crippen LogP) is 3.95. The molecule has 1 saturated carbocycles. The topological polar surface area (TPSA) is 35.8 Å². The van der Waals surface area contributed by atoms with E-state index in [1.165, 1.54) is 31.2 Å². The van der Waals surface area contributed by atoms with Gasteiger partial charge in [-0.3, -0.25) is 0 Å². The third-order valence-corrected chi connectivity index (χ3v) is 4.90. The number of rotatable bonds is 3. The minimum atomic E-state index is 0.502. The maximum atomic E-state index is 9.20. The SMILES string of the molecule is CSC1CCCCC1Nc1c(C)cccc1C#N. The molecule has 1 N–H and O–H groups in total. The summed E-state index contributed by atoms with van der Waals surface area (Å²) in [6.45, 7) is 2.07. The highest BCUT2D eigenvalue weighted by molar-refractivity contribution is 7.99. The van der Waals surface area contributed by atoms with Crippen LogP contribution in [-0.2, 0) is 0 Å². The maximum absolute atomic E-state index is 9.20. The van der Waals surface area contributed by atoms with E-state index in [0.29, 0.717) is 11.3 Å². The second kappa shape index (κ2) is 6.15. The van der Waals surface area contributed by atoms with Crippen molar-refractivity contribution in [2.45, 2.75) is 43.9 Å². The highest BCUT2D eigenvalue weighted by Gasteiger charge is 2.25. The Morgan fingerprint density at radius 2 is 2.11 bits per heavy atom. The average Bonchev–Trinajstić information content (AvgIpc) is 2.41. The first-order valence-corrected chi connectivity index (χ1v) is 7.84. The Kier molecular flexibility index (Phi) is 4.54. The summed E-state index contributed by atoms with van der Waals surface area (Å²) in [5, 5.41) is 13.5. The molecule has 0 radical (unpaired) electrons. The molecule has 0 aromatic heterocycles. The van der Waals surface area contributed by atoms with Crippen LogP contribution in [-0.4, -0.2) is 17.5 Å². The number of anilines is 1. The number of thioether (sulfide) groups is 1. The summed E-state index contributed by atoms with van der Waals surface area (Å²) in [7, 11) is 0. The van der Waals surface area contributed by atoms with Gasteiger partial charge in [0.2, 0.25) is 0 Å². The molecule has 1 aliphatic rings. The molecule has 0 spiro atoms. The Labute approximate surface area is 114 Å². The summed E-state index contributed by atoms with van der Waals surface area (Å²) < 4.78 is 0. The highest BCUT2D eigenvalue weighted by Crippen LogP contribution is 2.31. The van der Waals surface area contributed by atoms with E-state index in [1.807, 2.05) is 23.9 Å². The lowest BCUT2D eigenvalue weighted by atomic mass is 9.94. The number of nitriles is 1. The van der Waals surface area contributed by atoms with Gasteiger partial charge in [0.15, 0.2) is 0 Å². The van der Waals surface area contributed by atoms with Crippen LogP contribution >= 0.6 is 11.8 Å². The van der Waals surface area contributed by atoms with Crippen molar-refractivity contribution in [1.82, 2.24) is 0 Å². The number of nitrogens with zero attached hydrogens (tertiary/aromatic N) is 1. The predicted molar refractivity (Wildman–Crippen MR) is 79.1 cm³/mol.